The molecule has 12 heteroatoms. The number of amides is 3. The molecule has 0 aliphatic carbocycles. The van der Waals surface area contributed by atoms with Crippen molar-refractivity contribution < 1.29 is 9.59 Å². The van der Waals surface area contributed by atoms with Gasteiger partial charge in [0.2, 0.25) is 5.91 Å². The predicted octanol–water partition coefficient (Wildman–Crippen LogP) is 1.42. The number of carbonyl (C=O) groups excluding carboxylic acids is 2. The van der Waals surface area contributed by atoms with E-state index < -0.39 is 11.2 Å². The van der Waals surface area contributed by atoms with Gasteiger partial charge < -0.3 is 26.2 Å². The van der Waals surface area contributed by atoms with E-state index >= 15 is 0 Å². The van der Waals surface area contributed by atoms with E-state index in [1.54, 1.807) is 35.9 Å². The van der Waals surface area contributed by atoms with Crippen LogP contribution in [0.3, 0.4) is 0 Å². The summed E-state index contributed by atoms with van der Waals surface area (Å²) < 4.78 is 1.45. The minimum Gasteiger partial charge on any atom is -0.338 e. The molecule has 3 heterocycles. The number of halogens is 1. The van der Waals surface area contributed by atoms with Crippen LogP contribution in [0.4, 0.5) is 10.6 Å². The lowest BCUT2D eigenvalue weighted by molar-refractivity contribution is -0.137. The van der Waals surface area contributed by atoms with Crippen molar-refractivity contribution in [3.8, 4) is 5.69 Å². The van der Waals surface area contributed by atoms with Gasteiger partial charge in [-0.1, -0.05) is 12.1 Å². The van der Waals surface area contributed by atoms with Crippen LogP contribution < -0.4 is 22.5 Å². The van der Waals surface area contributed by atoms with E-state index in [1.165, 1.54) is 10.1 Å². The number of rotatable bonds is 6. The fraction of sp³-hybridized carbons (Fsp3) is 0.556. The number of anilines is 1. The number of aromatic nitrogens is 2. The fourth-order valence-corrected chi connectivity index (χ4v) is 4.89. The quantitative estimate of drug-likeness (QED) is 0.485. The molecule has 5 N–H and O–H groups in total. The van der Waals surface area contributed by atoms with Crippen LogP contribution in [0.1, 0.15) is 38.7 Å². The van der Waals surface area contributed by atoms with Crippen molar-refractivity contribution in [2.24, 2.45) is 11.5 Å². The Morgan fingerprint density at radius 2 is 1.67 bits per heavy atom. The van der Waals surface area contributed by atoms with Crippen molar-refractivity contribution in [2.45, 2.75) is 51.1 Å². The highest BCUT2D eigenvalue weighted by molar-refractivity contribution is 5.89. The van der Waals surface area contributed by atoms with Crippen molar-refractivity contribution in [1.82, 2.24) is 24.3 Å². The first kappa shape index (κ1) is 30.6. The third-order valence-corrected chi connectivity index (χ3v) is 7.24. The van der Waals surface area contributed by atoms with Gasteiger partial charge in [0, 0.05) is 45.0 Å². The summed E-state index contributed by atoms with van der Waals surface area (Å²) in [7, 11) is 0. The summed E-state index contributed by atoms with van der Waals surface area (Å²) >= 11 is 0. The number of nitrogens with zero attached hydrogens (tertiary/aromatic N) is 5. The van der Waals surface area contributed by atoms with Gasteiger partial charge in [0.1, 0.15) is 5.82 Å². The second kappa shape index (κ2) is 13.4. The van der Waals surface area contributed by atoms with Gasteiger partial charge in [0.15, 0.2) is 0 Å². The Bertz CT molecular complexity index is 1170. The van der Waals surface area contributed by atoms with E-state index in [2.05, 4.69) is 15.2 Å². The van der Waals surface area contributed by atoms with Crippen LogP contribution in [0.25, 0.3) is 5.69 Å². The van der Waals surface area contributed by atoms with E-state index in [9.17, 15) is 14.4 Å². The molecule has 2 saturated heterocycles. The first-order chi connectivity index (χ1) is 18.1. The van der Waals surface area contributed by atoms with Crippen LogP contribution >= 0.6 is 12.4 Å². The maximum absolute atomic E-state index is 12.7. The molecule has 4 rings (SSSR count). The second-order valence-electron chi connectivity index (χ2n) is 10.8. The zero-order valence-electron chi connectivity index (χ0n) is 22.8. The van der Waals surface area contributed by atoms with E-state index in [1.807, 2.05) is 24.3 Å². The number of likely N-dealkylation sites (tertiary alicyclic amines) is 1. The van der Waals surface area contributed by atoms with Crippen LogP contribution in [0.2, 0.25) is 0 Å². The maximum Gasteiger partial charge on any atom is 0.354 e. The highest BCUT2D eigenvalue weighted by atomic mass is 35.5. The van der Waals surface area contributed by atoms with Crippen LogP contribution in [-0.2, 0) is 11.2 Å². The minimum absolute atomic E-state index is 0. The smallest absolute Gasteiger partial charge is 0.338 e. The summed E-state index contributed by atoms with van der Waals surface area (Å²) in [5.41, 5.74) is 12.5. The number of hydrogen-bond acceptors (Lipinski definition) is 7. The predicted molar refractivity (Wildman–Crippen MR) is 154 cm³/mol. The molecule has 0 unspecified atom stereocenters. The standard InChI is InChI=1S/C27H40N8O3.ClH/c1-27(2,29)24(36)33-16-18-34(19-17-33)25(37)30-23-11-15-35(26(38)31-23)22-7-5-20(6-8-22)9-13-32-12-3-4-21(28)10-14-32;/h5-8,11,15,21H,3-4,9-10,12-14,16-19,28-29H2,1-2H3,(H,30,31,37,38);1H/t21-;/m1./s1. The number of carbonyl (C=O) groups is 2. The van der Waals surface area contributed by atoms with Crippen molar-refractivity contribution >= 4 is 30.2 Å². The Hall–Kier alpha value is -2.99. The molecule has 11 nitrogen and oxygen atoms in total. The molecule has 0 bridgehead atoms. The first-order valence-electron chi connectivity index (χ1n) is 13.4. The zero-order chi connectivity index (χ0) is 27.3. The molecule has 2 aromatic rings. The molecule has 2 fully saturated rings. The van der Waals surface area contributed by atoms with Gasteiger partial charge in [0.05, 0.1) is 11.2 Å². The van der Waals surface area contributed by atoms with E-state index in [-0.39, 0.29) is 30.2 Å². The third-order valence-electron chi connectivity index (χ3n) is 7.24. The van der Waals surface area contributed by atoms with Gasteiger partial charge in [-0.15, -0.1) is 12.4 Å². The molecule has 2 aliphatic heterocycles. The summed E-state index contributed by atoms with van der Waals surface area (Å²) in [6, 6.07) is 9.48. The fourth-order valence-electron chi connectivity index (χ4n) is 4.89. The van der Waals surface area contributed by atoms with Gasteiger partial charge >= 0.3 is 11.7 Å². The molecular weight excluding hydrogens is 520 g/mol. The van der Waals surface area contributed by atoms with Crippen LogP contribution in [0.15, 0.2) is 41.3 Å². The molecule has 0 spiro atoms. The molecule has 1 aromatic heterocycles. The number of piperazine rings is 1. The maximum atomic E-state index is 12.7. The molecular formula is C27H41ClN8O3. The lowest BCUT2D eigenvalue weighted by Crippen LogP contribution is -2.58. The average Bonchev–Trinajstić information content (AvgIpc) is 3.11. The first-order valence-corrected chi connectivity index (χ1v) is 13.4. The minimum atomic E-state index is -0.944. The Kier molecular flexibility index (Phi) is 10.5. The number of hydrogen-bond donors (Lipinski definition) is 3. The molecule has 1 atom stereocenters. The Morgan fingerprint density at radius 1 is 1.00 bits per heavy atom. The summed E-state index contributed by atoms with van der Waals surface area (Å²) in [6.45, 7) is 8.05. The van der Waals surface area contributed by atoms with Crippen molar-refractivity contribution in [2.75, 3.05) is 51.1 Å². The number of nitrogens with two attached hydrogens (primary N) is 2. The Balaban J connectivity index is 0.00000420. The van der Waals surface area contributed by atoms with Crippen molar-refractivity contribution in [1.29, 1.82) is 0 Å². The average molecular weight is 561 g/mol. The SMILES string of the molecule is CC(C)(N)C(=O)N1CCN(C(=O)Nc2ccn(-c3ccc(CCN4CCC[C@@H](N)CC4)cc3)c(=O)n2)CC1.Cl. The van der Waals surface area contributed by atoms with E-state index in [4.69, 9.17) is 11.5 Å². The second-order valence-corrected chi connectivity index (χ2v) is 10.8. The molecule has 2 aliphatic rings. The number of nitrogens with one attached hydrogen (secondary N) is 1. The van der Waals surface area contributed by atoms with Crippen molar-refractivity contribution in [3.63, 3.8) is 0 Å². The summed E-state index contributed by atoms with van der Waals surface area (Å²) in [6.07, 6.45) is 5.86. The highest BCUT2D eigenvalue weighted by Gasteiger charge is 2.31. The van der Waals surface area contributed by atoms with Gasteiger partial charge in [-0.2, -0.15) is 4.98 Å². The molecule has 0 saturated carbocycles. The molecule has 1 aromatic carbocycles. The monoisotopic (exact) mass is 560 g/mol. The van der Waals surface area contributed by atoms with E-state index in [0.29, 0.717) is 37.9 Å². The molecule has 3 amide bonds. The Labute approximate surface area is 235 Å². The normalized spacial score (nSPS) is 18.7. The third kappa shape index (κ3) is 8.25. The summed E-state index contributed by atoms with van der Waals surface area (Å²) in [5, 5.41) is 2.69. The molecule has 39 heavy (non-hydrogen) atoms. The van der Waals surface area contributed by atoms with Crippen molar-refractivity contribution in [3.05, 3.63) is 52.6 Å². The van der Waals surface area contributed by atoms with Crippen LogP contribution in [0, 0.1) is 0 Å². The van der Waals surface area contributed by atoms with Gasteiger partial charge in [-0.05, 0) is 76.4 Å². The summed E-state index contributed by atoms with van der Waals surface area (Å²) in [4.78, 5) is 47.5. The molecule has 0 radical (unpaired) electrons. The van der Waals surface area contributed by atoms with E-state index in [0.717, 1.165) is 45.3 Å². The van der Waals surface area contributed by atoms with Crippen LogP contribution in [0.5, 0.6) is 0 Å². The topological polar surface area (TPSA) is 143 Å². The van der Waals surface area contributed by atoms with Gasteiger partial charge in [-0.3, -0.25) is 14.7 Å². The lowest BCUT2D eigenvalue weighted by atomic mass is 10.1. The highest BCUT2D eigenvalue weighted by Crippen LogP contribution is 2.14. The largest absolute Gasteiger partial charge is 0.354 e. The van der Waals surface area contributed by atoms with Gasteiger partial charge in [-0.25, -0.2) is 9.59 Å². The number of urea groups is 1. The Morgan fingerprint density at radius 3 is 2.31 bits per heavy atom. The summed E-state index contributed by atoms with van der Waals surface area (Å²) in [5.74, 6) is 0.0464. The zero-order valence-corrected chi connectivity index (χ0v) is 23.7. The molecule has 214 valence electrons. The lowest BCUT2D eigenvalue weighted by Gasteiger charge is -2.37. The van der Waals surface area contributed by atoms with Gasteiger partial charge in [0.25, 0.3) is 0 Å². The number of benzene rings is 1. The van der Waals surface area contributed by atoms with Crippen LogP contribution in [-0.4, -0.2) is 93.6 Å².